The SMILES string of the molecule is CCCOc1ccc(C(C)C(C)(O)C(=O)O)cc1. The number of aliphatic carboxylic acids is 1. The molecule has 100 valence electrons. The molecule has 1 aromatic rings. The molecule has 0 amide bonds. The molecule has 2 unspecified atom stereocenters. The predicted molar refractivity (Wildman–Crippen MR) is 68.9 cm³/mol. The van der Waals surface area contributed by atoms with Gasteiger partial charge in [-0.25, -0.2) is 4.79 Å². The predicted octanol–water partition coefficient (Wildman–Crippen LogP) is 2.41. The van der Waals surface area contributed by atoms with Crippen molar-refractivity contribution < 1.29 is 19.7 Å². The van der Waals surface area contributed by atoms with Crippen LogP contribution >= 0.6 is 0 Å². The van der Waals surface area contributed by atoms with E-state index in [0.717, 1.165) is 17.7 Å². The second kappa shape index (κ2) is 5.87. The summed E-state index contributed by atoms with van der Waals surface area (Å²) < 4.78 is 5.44. The van der Waals surface area contributed by atoms with E-state index in [1.165, 1.54) is 6.92 Å². The molecule has 0 fully saturated rings. The Hall–Kier alpha value is -1.55. The van der Waals surface area contributed by atoms with Gasteiger partial charge in [0.1, 0.15) is 5.75 Å². The molecule has 0 saturated carbocycles. The van der Waals surface area contributed by atoms with Gasteiger partial charge in [0, 0.05) is 5.92 Å². The first-order valence-corrected chi connectivity index (χ1v) is 6.08. The van der Waals surface area contributed by atoms with Crippen molar-refractivity contribution in [3.8, 4) is 5.75 Å². The maximum absolute atomic E-state index is 11.0. The minimum absolute atomic E-state index is 0.491. The molecule has 1 rings (SSSR count). The van der Waals surface area contributed by atoms with Gasteiger partial charge in [0.2, 0.25) is 0 Å². The van der Waals surface area contributed by atoms with E-state index in [1.54, 1.807) is 31.2 Å². The number of carbonyl (C=O) groups is 1. The van der Waals surface area contributed by atoms with Gasteiger partial charge in [0.05, 0.1) is 6.61 Å². The van der Waals surface area contributed by atoms with Crippen LogP contribution in [0.3, 0.4) is 0 Å². The van der Waals surface area contributed by atoms with Gasteiger partial charge < -0.3 is 14.9 Å². The fourth-order valence-electron chi connectivity index (χ4n) is 1.58. The van der Waals surface area contributed by atoms with Gasteiger partial charge in [-0.15, -0.1) is 0 Å². The summed E-state index contributed by atoms with van der Waals surface area (Å²) in [6.07, 6.45) is 0.936. The summed E-state index contributed by atoms with van der Waals surface area (Å²) in [5.74, 6) is -0.959. The lowest BCUT2D eigenvalue weighted by molar-refractivity contribution is -0.158. The number of rotatable bonds is 6. The lowest BCUT2D eigenvalue weighted by Crippen LogP contribution is -2.40. The quantitative estimate of drug-likeness (QED) is 0.816. The summed E-state index contributed by atoms with van der Waals surface area (Å²) in [7, 11) is 0. The smallest absolute Gasteiger partial charge is 0.336 e. The largest absolute Gasteiger partial charge is 0.494 e. The van der Waals surface area contributed by atoms with Crippen molar-refractivity contribution in [1.29, 1.82) is 0 Å². The molecule has 0 aliphatic carbocycles. The Labute approximate surface area is 107 Å². The summed E-state index contributed by atoms with van der Waals surface area (Å²) in [6.45, 7) is 5.68. The summed E-state index contributed by atoms with van der Waals surface area (Å²) >= 11 is 0. The van der Waals surface area contributed by atoms with Gasteiger partial charge in [-0.05, 0) is 31.0 Å². The van der Waals surface area contributed by atoms with E-state index >= 15 is 0 Å². The molecule has 0 aliphatic rings. The molecule has 4 heteroatoms. The van der Waals surface area contributed by atoms with E-state index in [4.69, 9.17) is 9.84 Å². The molecule has 0 spiro atoms. The first-order valence-electron chi connectivity index (χ1n) is 6.08. The number of carboxylic acid groups (broad SMARTS) is 1. The normalized spacial score (nSPS) is 15.8. The Morgan fingerprint density at radius 2 is 1.94 bits per heavy atom. The number of hydrogen-bond acceptors (Lipinski definition) is 3. The fraction of sp³-hybridized carbons (Fsp3) is 0.500. The van der Waals surface area contributed by atoms with Gasteiger partial charge in [-0.3, -0.25) is 0 Å². The van der Waals surface area contributed by atoms with E-state index in [9.17, 15) is 9.90 Å². The highest BCUT2D eigenvalue weighted by atomic mass is 16.5. The Morgan fingerprint density at radius 1 is 1.39 bits per heavy atom. The molecule has 1 aromatic carbocycles. The molecule has 0 aliphatic heterocycles. The number of benzene rings is 1. The highest BCUT2D eigenvalue weighted by Crippen LogP contribution is 2.29. The molecule has 18 heavy (non-hydrogen) atoms. The minimum Gasteiger partial charge on any atom is -0.494 e. The van der Waals surface area contributed by atoms with E-state index in [-0.39, 0.29) is 0 Å². The van der Waals surface area contributed by atoms with Crippen molar-refractivity contribution >= 4 is 5.97 Å². The number of aliphatic hydroxyl groups is 1. The van der Waals surface area contributed by atoms with Crippen LogP contribution in [0.1, 0.15) is 38.7 Å². The third-order valence-corrected chi connectivity index (χ3v) is 3.13. The van der Waals surface area contributed by atoms with Crippen molar-refractivity contribution in [3.63, 3.8) is 0 Å². The molecule has 2 atom stereocenters. The van der Waals surface area contributed by atoms with Crippen LogP contribution in [0.5, 0.6) is 5.75 Å². The second-order valence-corrected chi connectivity index (χ2v) is 4.59. The first kappa shape index (κ1) is 14.5. The summed E-state index contributed by atoms with van der Waals surface area (Å²) in [4.78, 5) is 11.0. The third-order valence-electron chi connectivity index (χ3n) is 3.13. The summed E-state index contributed by atoms with van der Waals surface area (Å²) in [5, 5.41) is 18.9. The molecular formula is C14H20O4. The van der Waals surface area contributed by atoms with E-state index in [1.807, 2.05) is 6.92 Å². The van der Waals surface area contributed by atoms with Gasteiger partial charge in [0.25, 0.3) is 0 Å². The zero-order valence-electron chi connectivity index (χ0n) is 11.0. The standard InChI is InChI=1S/C14H20O4/c1-4-9-18-12-7-5-11(6-8-12)10(2)14(3,17)13(15)16/h5-8,10,17H,4,9H2,1-3H3,(H,15,16). The van der Waals surface area contributed by atoms with Gasteiger partial charge in [-0.2, -0.15) is 0 Å². The Morgan fingerprint density at radius 3 is 2.39 bits per heavy atom. The Bertz CT molecular complexity index is 395. The van der Waals surface area contributed by atoms with Gasteiger partial charge >= 0.3 is 5.97 Å². The molecular weight excluding hydrogens is 232 g/mol. The summed E-state index contributed by atoms with van der Waals surface area (Å²) in [5.41, 5.74) is -1.00. The lowest BCUT2D eigenvalue weighted by atomic mass is 9.85. The van der Waals surface area contributed by atoms with Crippen molar-refractivity contribution in [1.82, 2.24) is 0 Å². The molecule has 0 heterocycles. The van der Waals surface area contributed by atoms with Crippen LogP contribution in [0.4, 0.5) is 0 Å². The van der Waals surface area contributed by atoms with Crippen LogP contribution in [0.2, 0.25) is 0 Å². The van der Waals surface area contributed by atoms with Crippen molar-refractivity contribution in [2.45, 2.75) is 38.7 Å². The fourth-order valence-corrected chi connectivity index (χ4v) is 1.58. The zero-order chi connectivity index (χ0) is 13.8. The monoisotopic (exact) mass is 252 g/mol. The van der Waals surface area contributed by atoms with Crippen molar-refractivity contribution in [2.24, 2.45) is 0 Å². The first-order chi connectivity index (χ1) is 8.39. The molecule has 0 radical (unpaired) electrons. The van der Waals surface area contributed by atoms with Crippen LogP contribution in [-0.4, -0.2) is 28.4 Å². The number of hydrogen-bond donors (Lipinski definition) is 2. The zero-order valence-corrected chi connectivity index (χ0v) is 11.0. The third kappa shape index (κ3) is 3.23. The van der Waals surface area contributed by atoms with Crippen LogP contribution in [0.25, 0.3) is 0 Å². The van der Waals surface area contributed by atoms with Gasteiger partial charge in [-0.1, -0.05) is 26.0 Å². The van der Waals surface area contributed by atoms with Crippen LogP contribution < -0.4 is 4.74 Å². The number of ether oxygens (including phenoxy) is 1. The second-order valence-electron chi connectivity index (χ2n) is 4.59. The van der Waals surface area contributed by atoms with Crippen molar-refractivity contribution in [2.75, 3.05) is 6.61 Å². The van der Waals surface area contributed by atoms with Crippen molar-refractivity contribution in [3.05, 3.63) is 29.8 Å². The van der Waals surface area contributed by atoms with Gasteiger partial charge in [0.15, 0.2) is 5.60 Å². The molecule has 0 saturated heterocycles. The average molecular weight is 252 g/mol. The topological polar surface area (TPSA) is 66.8 Å². The highest BCUT2D eigenvalue weighted by molar-refractivity contribution is 5.78. The van der Waals surface area contributed by atoms with Crippen LogP contribution in [0.15, 0.2) is 24.3 Å². The van der Waals surface area contributed by atoms with E-state index in [0.29, 0.717) is 6.61 Å². The Kier molecular flexibility index (Phi) is 4.73. The maximum atomic E-state index is 11.0. The van der Waals surface area contributed by atoms with E-state index < -0.39 is 17.5 Å². The molecule has 0 bridgehead atoms. The highest BCUT2D eigenvalue weighted by Gasteiger charge is 2.37. The maximum Gasteiger partial charge on any atom is 0.336 e. The number of carboxylic acids is 1. The Balaban J connectivity index is 2.82. The average Bonchev–Trinajstić information content (AvgIpc) is 2.35. The van der Waals surface area contributed by atoms with Crippen LogP contribution in [0, 0.1) is 0 Å². The molecule has 4 nitrogen and oxygen atoms in total. The van der Waals surface area contributed by atoms with E-state index in [2.05, 4.69) is 0 Å². The molecule has 0 aromatic heterocycles. The summed E-state index contributed by atoms with van der Waals surface area (Å²) in [6, 6.07) is 7.15. The lowest BCUT2D eigenvalue weighted by Gasteiger charge is -2.26. The van der Waals surface area contributed by atoms with Crippen LogP contribution in [-0.2, 0) is 4.79 Å². The molecule has 2 N–H and O–H groups in total. The minimum atomic E-state index is -1.77.